The highest BCUT2D eigenvalue weighted by Gasteiger charge is 2.43. The molecule has 19 nitrogen and oxygen atoms in total. The minimum Gasteiger partial charge on any atom is -0.481 e. The van der Waals surface area contributed by atoms with E-state index in [9.17, 15) is 32.8 Å². The minimum absolute atomic E-state index is 0.0214. The van der Waals surface area contributed by atoms with E-state index in [2.05, 4.69) is 27.1 Å². The molecular formula is C59H75F2N11O8S. The Hall–Kier alpha value is -6.75. The van der Waals surface area contributed by atoms with Gasteiger partial charge in [-0.15, -0.1) is 11.8 Å². The lowest BCUT2D eigenvalue weighted by molar-refractivity contribution is -0.140. The van der Waals surface area contributed by atoms with Crippen molar-refractivity contribution in [3.63, 3.8) is 0 Å². The Morgan fingerprint density at radius 2 is 1.62 bits per heavy atom. The molecule has 5 aliphatic rings. The number of nitrogens with two attached hydrogens (primary N) is 1. The lowest BCUT2D eigenvalue weighted by Gasteiger charge is -2.38. The average molecular weight is 1140 g/mol. The highest BCUT2D eigenvalue weighted by Crippen LogP contribution is 2.44. The Bertz CT molecular complexity index is 2990. The first-order valence-corrected chi connectivity index (χ1v) is 29.2. The number of likely N-dealkylation sites (tertiary alicyclic amines) is 2. The number of piperidine rings is 1. The molecule has 3 fully saturated rings. The smallest absolute Gasteiger partial charge is 0.254 e. The average Bonchev–Trinajstić information content (AvgIpc) is 4.47. The number of carbonyl (C=O) groups is 5. The van der Waals surface area contributed by atoms with Crippen LogP contribution in [-0.4, -0.2) is 168 Å². The molecule has 0 aliphatic carbocycles. The van der Waals surface area contributed by atoms with Gasteiger partial charge in [-0.25, -0.2) is 18.4 Å². The Morgan fingerprint density at radius 1 is 0.901 bits per heavy atom. The van der Waals surface area contributed by atoms with E-state index in [0.29, 0.717) is 109 Å². The van der Waals surface area contributed by atoms with E-state index >= 15 is 0 Å². The molecule has 4 amide bonds. The number of halogens is 2. The second-order valence-electron chi connectivity index (χ2n) is 21.5. The number of nitrogen functional groups attached to an aromatic ring is 1. The first-order chi connectivity index (χ1) is 39.1. The summed E-state index contributed by atoms with van der Waals surface area (Å²) in [6, 6.07) is 10.5. The van der Waals surface area contributed by atoms with E-state index in [0.717, 1.165) is 35.4 Å². The van der Waals surface area contributed by atoms with Crippen molar-refractivity contribution in [3.05, 3.63) is 95.3 Å². The highest BCUT2D eigenvalue weighted by atomic mass is 32.2. The zero-order valence-electron chi connectivity index (χ0n) is 46.8. The summed E-state index contributed by atoms with van der Waals surface area (Å²) in [5, 5.41) is 11.8. The molecule has 5 aliphatic heterocycles. The number of nitrogens with zero attached hydrogens (tertiary/aromatic N) is 8. The topological polar surface area (TPSA) is 219 Å². The van der Waals surface area contributed by atoms with Crippen LogP contribution in [0.15, 0.2) is 66.3 Å². The molecule has 434 valence electrons. The normalized spacial score (nSPS) is 20.0. The first kappa shape index (κ1) is 58.9. The summed E-state index contributed by atoms with van der Waals surface area (Å²) in [6.07, 6.45) is 7.01. The summed E-state index contributed by atoms with van der Waals surface area (Å²) in [6.45, 7) is 9.52. The number of pyridine rings is 1. The molecule has 0 radical (unpaired) electrons. The summed E-state index contributed by atoms with van der Waals surface area (Å²) in [5.41, 5.74) is 11.8. The van der Waals surface area contributed by atoms with Crippen LogP contribution in [0.4, 0.5) is 20.3 Å². The monoisotopic (exact) mass is 1140 g/mol. The third-order valence-corrected chi connectivity index (χ3v) is 17.5. The van der Waals surface area contributed by atoms with Crippen molar-refractivity contribution < 1.29 is 47.0 Å². The van der Waals surface area contributed by atoms with Crippen molar-refractivity contribution in [2.75, 3.05) is 90.2 Å². The number of hydrogen-bond donors (Lipinski definition) is 3. The number of rotatable bonds is 22. The molecule has 2 bridgehead atoms. The largest absolute Gasteiger partial charge is 0.481 e. The second-order valence-corrected chi connectivity index (χ2v) is 22.6. The molecule has 1 unspecified atom stereocenters. The maximum Gasteiger partial charge on any atom is 0.254 e. The summed E-state index contributed by atoms with van der Waals surface area (Å²) in [4.78, 5) is 85.2. The van der Waals surface area contributed by atoms with E-state index in [1.165, 1.54) is 24.3 Å². The van der Waals surface area contributed by atoms with Crippen molar-refractivity contribution in [2.24, 2.45) is 10.9 Å². The van der Waals surface area contributed by atoms with Gasteiger partial charge >= 0.3 is 0 Å². The molecule has 7 heterocycles. The fourth-order valence-electron chi connectivity index (χ4n) is 11.7. The van der Waals surface area contributed by atoms with E-state index in [1.807, 2.05) is 11.0 Å². The maximum absolute atomic E-state index is 14.8. The number of aromatic nitrogens is 3. The van der Waals surface area contributed by atoms with E-state index in [1.54, 1.807) is 78.8 Å². The molecule has 22 heteroatoms. The molecule has 9 rings (SSSR count). The van der Waals surface area contributed by atoms with Gasteiger partial charge < -0.3 is 50.2 Å². The third kappa shape index (κ3) is 13.6. The van der Waals surface area contributed by atoms with Crippen LogP contribution in [0.1, 0.15) is 104 Å². The summed E-state index contributed by atoms with van der Waals surface area (Å²) in [7, 11) is 4.95. The van der Waals surface area contributed by atoms with Crippen LogP contribution >= 0.6 is 11.8 Å². The number of amides is 4. The fourth-order valence-corrected chi connectivity index (χ4v) is 12.9. The molecule has 3 saturated heterocycles. The Kier molecular flexibility index (Phi) is 19.5. The van der Waals surface area contributed by atoms with Crippen LogP contribution in [0.5, 0.6) is 5.88 Å². The van der Waals surface area contributed by atoms with Gasteiger partial charge in [0.05, 0.1) is 92.7 Å². The molecule has 2 aromatic heterocycles. The van der Waals surface area contributed by atoms with Gasteiger partial charge in [0.1, 0.15) is 29.3 Å². The van der Waals surface area contributed by atoms with E-state index in [-0.39, 0.29) is 112 Å². The number of aryl methyl sites for hydroxylation is 1. The SMILES string of the molecule is C=C(c1ccc(F)cc1)C1CSC([C@H]2CCCN2C(=O)[C@H](NC(=O)[C@@H](C)NC)C2CCN(C(=O)CCOCCOCCC(=O)CCCn3nc4c(c3OC)-c3cnc(N)c(c3)N3CCC[C@@H]3c3cc(F)ccc3C(=O)N(C)C4)CC2)=N1. The Balaban J connectivity index is 0.706. The van der Waals surface area contributed by atoms with Crippen molar-refractivity contribution in [3.8, 4) is 17.0 Å². The van der Waals surface area contributed by atoms with Crippen LogP contribution in [-0.2, 0) is 41.7 Å². The van der Waals surface area contributed by atoms with Gasteiger partial charge in [0, 0.05) is 75.7 Å². The fraction of sp³-hybridized carbons (Fsp3) is 0.525. The molecular weight excluding hydrogens is 1060 g/mol. The quantitative estimate of drug-likeness (QED) is 0.0721. The van der Waals surface area contributed by atoms with Gasteiger partial charge in [-0.1, -0.05) is 18.7 Å². The number of anilines is 2. The number of methoxy groups -OCH3 is 1. The van der Waals surface area contributed by atoms with E-state index in [4.69, 9.17) is 30.0 Å². The number of Topliss-reactive ketones (excluding diaryl/α,β-unsaturated/α-hetero) is 1. The zero-order valence-corrected chi connectivity index (χ0v) is 47.6. The molecule has 0 saturated carbocycles. The van der Waals surface area contributed by atoms with Gasteiger partial charge in [0.2, 0.25) is 23.6 Å². The lowest BCUT2D eigenvalue weighted by Crippen LogP contribution is -2.58. The summed E-state index contributed by atoms with van der Waals surface area (Å²) < 4.78 is 47.5. The van der Waals surface area contributed by atoms with E-state index < -0.39 is 17.9 Å². The Morgan fingerprint density at radius 3 is 2.36 bits per heavy atom. The predicted octanol–water partition coefficient (Wildman–Crippen LogP) is 6.45. The van der Waals surface area contributed by atoms with Gasteiger partial charge in [0.15, 0.2) is 0 Å². The number of benzene rings is 2. The zero-order chi connectivity index (χ0) is 57.3. The maximum atomic E-state index is 14.8. The molecule has 4 N–H and O–H groups in total. The number of hydrogen-bond acceptors (Lipinski definition) is 15. The number of aliphatic imine (C=N–C) groups is 1. The van der Waals surface area contributed by atoms with Gasteiger partial charge in [-0.05, 0) is 118 Å². The number of thioether (sulfide) groups is 1. The summed E-state index contributed by atoms with van der Waals surface area (Å²) in [5.74, 6) is -0.145. The molecule has 4 aromatic rings. The van der Waals surface area contributed by atoms with Crippen LogP contribution < -0.4 is 26.0 Å². The number of ketones is 1. The molecule has 0 spiro atoms. The van der Waals surface area contributed by atoms with Crippen LogP contribution in [0.2, 0.25) is 0 Å². The number of nitrogens with one attached hydrogen (secondary N) is 2. The number of fused-ring (bicyclic) bond motifs is 8. The molecule has 5 atom stereocenters. The van der Waals surface area contributed by atoms with Crippen molar-refractivity contribution >= 4 is 63.3 Å². The van der Waals surface area contributed by atoms with Gasteiger partial charge in [-0.3, -0.25) is 29.0 Å². The van der Waals surface area contributed by atoms with Gasteiger partial charge in [-0.2, -0.15) is 5.10 Å². The standard InChI is InChI=1S/C59H75F2N11O8S/c1-36(38-12-14-41(60)15-13-38)47-35-81-56(65-47)49-11-8-23-71(49)58(77)53(66-55(75)37(2)63-3)39-18-25-69(26-19-39)51(74)21-28-80-30-29-79-27-20-43(73)9-6-24-72-59(78-5)52-40-31-50(54(62)64-33-40)70-22-7-10-48(70)45-32-42(61)16-17-44(45)57(76)68(4)34-46(52)67-72/h12-17,31-33,37,39,47-49,53,63H,1,6-11,18-30,34-35H2,2-5H3,(H2,62,64)(H,66,75)/t37-,47?,48-,49-,53-/m1/s1. The molecule has 81 heavy (non-hydrogen) atoms. The number of carbonyl (C=O) groups excluding carboxylic acids is 5. The molecule has 2 aromatic carbocycles. The highest BCUT2D eigenvalue weighted by molar-refractivity contribution is 8.14. The third-order valence-electron chi connectivity index (χ3n) is 16.3. The first-order valence-electron chi connectivity index (χ1n) is 28.2. The Labute approximate surface area is 476 Å². The predicted molar refractivity (Wildman–Crippen MR) is 307 cm³/mol. The van der Waals surface area contributed by atoms with Crippen molar-refractivity contribution in [1.29, 1.82) is 0 Å². The van der Waals surface area contributed by atoms with Crippen LogP contribution in [0.25, 0.3) is 16.7 Å². The van der Waals surface area contributed by atoms with Gasteiger partial charge in [0.25, 0.3) is 5.91 Å². The van der Waals surface area contributed by atoms with Crippen molar-refractivity contribution in [1.82, 2.24) is 40.1 Å². The minimum atomic E-state index is -0.765. The number of ether oxygens (including phenoxy) is 3. The van der Waals surface area contributed by atoms with Crippen molar-refractivity contribution in [2.45, 2.75) is 114 Å². The van der Waals surface area contributed by atoms with Crippen LogP contribution in [0, 0.1) is 17.6 Å². The number of likely N-dealkylation sites (N-methyl/N-ethyl adjacent to an activating group) is 1. The van der Waals surface area contributed by atoms with Crippen LogP contribution in [0.3, 0.4) is 0 Å². The lowest BCUT2D eigenvalue weighted by atomic mass is 9.88. The summed E-state index contributed by atoms with van der Waals surface area (Å²) >= 11 is 1.62. The second kappa shape index (κ2) is 26.9.